The number of carbonyl (C=O) groups is 3. The molecule has 0 aliphatic carbocycles. The Bertz CT molecular complexity index is 1250. The van der Waals surface area contributed by atoms with Crippen LogP contribution in [0.2, 0.25) is 0 Å². The highest BCUT2D eigenvalue weighted by molar-refractivity contribution is 6.25. The minimum Gasteiger partial charge on any atom is -0.493 e. The van der Waals surface area contributed by atoms with Crippen LogP contribution in [0.4, 0.5) is 11.4 Å². The van der Waals surface area contributed by atoms with Gasteiger partial charge in [-0.05, 0) is 23.9 Å². The van der Waals surface area contributed by atoms with Crippen molar-refractivity contribution >= 4 is 39.9 Å². The summed E-state index contributed by atoms with van der Waals surface area (Å²) in [6, 6.07) is 14.5. The maximum absolute atomic E-state index is 12.9. The predicted molar refractivity (Wildman–Crippen MR) is 124 cm³/mol. The average Bonchev–Trinajstić information content (AvgIpc) is 3.11. The third-order valence-electron chi connectivity index (χ3n) is 5.64. The molecule has 4 rings (SSSR count). The first-order valence-electron chi connectivity index (χ1n) is 10.5. The Kier molecular flexibility index (Phi) is 6.17. The second-order valence-corrected chi connectivity index (χ2v) is 7.53. The zero-order chi connectivity index (χ0) is 23.5. The summed E-state index contributed by atoms with van der Waals surface area (Å²) in [5.74, 6) is -0.254. The average molecular weight is 448 g/mol. The molecule has 0 saturated heterocycles. The fourth-order valence-corrected chi connectivity index (χ4v) is 4.07. The number of amides is 2. The first-order valence-corrected chi connectivity index (χ1v) is 10.5. The highest BCUT2D eigenvalue weighted by Crippen LogP contribution is 2.37. The summed E-state index contributed by atoms with van der Waals surface area (Å²) in [6.45, 7) is 0.399. The monoisotopic (exact) mass is 448 g/mol. The van der Waals surface area contributed by atoms with E-state index in [9.17, 15) is 14.4 Å². The van der Waals surface area contributed by atoms with Crippen molar-refractivity contribution in [2.75, 3.05) is 38.1 Å². The van der Waals surface area contributed by atoms with Gasteiger partial charge >= 0.3 is 5.97 Å². The van der Waals surface area contributed by atoms with Crippen molar-refractivity contribution in [2.45, 2.75) is 12.8 Å². The molecule has 1 heterocycles. The molecule has 8 nitrogen and oxygen atoms in total. The number of rotatable bonds is 8. The van der Waals surface area contributed by atoms with Gasteiger partial charge in [0, 0.05) is 36.0 Å². The van der Waals surface area contributed by atoms with Gasteiger partial charge in [0.15, 0.2) is 11.5 Å². The summed E-state index contributed by atoms with van der Waals surface area (Å²) in [4.78, 5) is 39.4. The van der Waals surface area contributed by atoms with Crippen molar-refractivity contribution < 1.29 is 28.6 Å². The van der Waals surface area contributed by atoms with Crippen LogP contribution in [0.3, 0.4) is 0 Å². The Morgan fingerprint density at radius 3 is 2.36 bits per heavy atom. The summed E-state index contributed by atoms with van der Waals surface area (Å²) in [6.07, 6.45) is 0.605. The maximum Gasteiger partial charge on any atom is 0.340 e. The van der Waals surface area contributed by atoms with E-state index >= 15 is 0 Å². The third-order valence-corrected chi connectivity index (χ3v) is 5.64. The number of esters is 1. The minimum atomic E-state index is -0.611. The van der Waals surface area contributed by atoms with Crippen molar-refractivity contribution in [3.63, 3.8) is 0 Å². The molecule has 3 aromatic rings. The van der Waals surface area contributed by atoms with E-state index in [-0.39, 0.29) is 29.5 Å². The fraction of sp³-hybridized carbons (Fsp3) is 0.240. The molecule has 0 saturated carbocycles. The normalized spacial score (nSPS) is 12.1. The standard InChI is InChI=1S/C25H24N2O6/c1-31-20-13-17(25(30)33-3)18(14-21(20)32-2)26-22(28)11-6-12-27-19-10-5-8-15-7-4-9-16(23(15)19)24(27)29/h4-5,7-10,13-14H,6,11-12H2,1-3H3,(H,26,28). The van der Waals surface area contributed by atoms with Gasteiger partial charge in [-0.3, -0.25) is 9.59 Å². The highest BCUT2D eigenvalue weighted by atomic mass is 16.5. The highest BCUT2D eigenvalue weighted by Gasteiger charge is 2.29. The molecule has 2 amide bonds. The number of ether oxygens (including phenoxy) is 3. The van der Waals surface area contributed by atoms with Crippen LogP contribution in [-0.2, 0) is 9.53 Å². The number of benzene rings is 3. The van der Waals surface area contributed by atoms with Crippen LogP contribution < -0.4 is 19.7 Å². The number of anilines is 2. The van der Waals surface area contributed by atoms with Crippen LogP contribution in [0.15, 0.2) is 48.5 Å². The number of hydrogen-bond donors (Lipinski definition) is 1. The fourth-order valence-electron chi connectivity index (χ4n) is 4.07. The Labute approximate surface area is 191 Å². The largest absolute Gasteiger partial charge is 0.493 e. The van der Waals surface area contributed by atoms with Crippen LogP contribution >= 0.6 is 0 Å². The first-order chi connectivity index (χ1) is 16.0. The Morgan fingerprint density at radius 1 is 0.970 bits per heavy atom. The van der Waals surface area contributed by atoms with Gasteiger partial charge in [-0.2, -0.15) is 0 Å². The van der Waals surface area contributed by atoms with E-state index in [4.69, 9.17) is 14.2 Å². The van der Waals surface area contributed by atoms with Gasteiger partial charge in [-0.25, -0.2) is 4.79 Å². The summed E-state index contributed by atoms with van der Waals surface area (Å²) in [5, 5.41) is 4.71. The van der Waals surface area contributed by atoms with Gasteiger partial charge in [-0.15, -0.1) is 0 Å². The van der Waals surface area contributed by atoms with Crippen molar-refractivity contribution in [1.82, 2.24) is 0 Å². The van der Waals surface area contributed by atoms with Gasteiger partial charge in [0.05, 0.1) is 38.3 Å². The maximum atomic E-state index is 12.9. The van der Waals surface area contributed by atoms with E-state index in [2.05, 4.69) is 5.32 Å². The van der Waals surface area contributed by atoms with E-state index in [1.54, 1.807) is 4.90 Å². The van der Waals surface area contributed by atoms with E-state index in [1.165, 1.54) is 33.5 Å². The molecule has 0 bridgehead atoms. The Hall–Kier alpha value is -4.07. The minimum absolute atomic E-state index is 0.0601. The lowest BCUT2D eigenvalue weighted by molar-refractivity contribution is -0.116. The number of nitrogens with one attached hydrogen (secondary N) is 1. The van der Waals surface area contributed by atoms with Crippen molar-refractivity contribution in [2.24, 2.45) is 0 Å². The summed E-state index contributed by atoms with van der Waals surface area (Å²) < 4.78 is 15.3. The van der Waals surface area contributed by atoms with Gasteiger partial charge in [-0.1, -0.05) is 24.3 Å². The molecule has 0 spiro atoms. The van der Waals surface area contributed by atoms with Crippen LogP contribution in [0.5, 0.6) is 11.5 Å². The molecule has 1 N–H and O–H groups in total. The van der Waals surface area contributed by atoms with Gasteiger partial charge in [0.1, 0.15) is 0 Å². The number of nitrogens with zero attached hydrogens (tertiary/aromatic N) is 1. The van der Waals surface area contributed by atoms with Gasteiger partial charge in [0.25, 0.3) is 5.91 Å². The molecule has 3 aromatic carbocycles. The summed E-state index contributed by atoms with van der Waals surface area (Å²) in [7, 11) is 4.18. The lowest BCUT2D eigenvalue weighted by Gasteiger charge is -2.18. The molecule has 0 unspecified atom stereocenters. The molecule has 33 heavy (non-hydrogen) atoms. The van der Waals surface area contributed by atoms with Gasteiger partial charge < -0.3 is 24.4 Å². The first kappa shape index (κ1) is 22.1. The molecular weight excluding hydrogens is 424 g/mol. The van der Waals surface area contributed by atoms with Crippen LogP contribution in [0, 0.1) is 0 Å². The molecule has 170 valence electrons. The third kappa shape index (κ3) is 4.07. The lowest BCUT2D eigenvalue weighted by atomic mass is 10.1. The number of methoxy groups -OCH3 is 3. The molecular formula is C25H24N2O6. The predicted octanol–water partition coefficient (Wildman–Crippen LogP) is 4.02. The van der Waals surface area contributed by atoms with Crippen LogP contribution in [0.1, 0.15) is 33.6 Å². The van der Waals surface area contributed by atoms with Crippen molar-refractivity contribution in [1.29, 1.82) is 0 Å². The smallest absolute Gasteiger partial charge is 0.340 e. The molecule has 0 fully saturated rings. The lowest BCUT2D eigenvalue weighted by Crippen LogP contribution is -2.28. The molecule has 0 aromatic heterocycles. The molecule has 0 radical (unpaired) electrons. The van der Waals surface area contributed by atoms with Gasteiger partial charge in [0.2, 0.25) is 5.91 Å². The second kappa shape index (κ2) is 9.20. The van der Waals surface area contributed by atoms with E-state index in [0.717, 1.165) is 16.5 Å². The zero-order valence-corrected chi connectivity index (χ0v) is 18.6. The quantitative estimate of drug-likeness (QED) is 0.523. The molecule has 1 aliphatic heterocycles. The Morgan fingerprint density at radius 2 is 1.67 bits per heavy atom. The van der Waals surface area contributed by atoms with E-state index < -0.39 is 5.97 Å². The molecule has 1 aliphatic rings. The van der Waals surface area contributed by atoms with E-state index in [1.807, 2.05) is 36.4 Å². The summed E-state index contributed by atoms with van der Waals surface area (Å²) in [5.41, 5.74) is 1.96. The van der Waals surface area contributed by atoms with Crippen molar-refractivity contribution in [3.05, 3.63) is 59.7 Å². The topological polar surface area (TPSA) is 94.2 Å². The molecule has 0 atom stereocenters. The SMILES string of the molecule is COC(=O)c1cc(OC)c(OC)cc1NC(=O)CCCN1C(=O)c2cccc3cccc1c23. The second-order valence-electron chi connectivity index (χ2n) is 7.53. The van der Waals surface area contributed by atoms with E-state index in [0.29, 0.717) is 30.0 Å². The number of hydrogen-bond acceptors (Lipinski definition) is 6. The van der Waals surface area contributed by atoms with Crippen molar-refractivity contribution in [3.8, 4) is 11.5 Å². The number of carbonyl (C=O) groups excluding carboxylic acids is 3. The molecule has 8 heteroatoms. The Balaban J connectivity index is 1.45. The summed E-state index contributed by atoms with van der Waals surface area (Å²) >= 11 is 0. The zero-order valence-electron chi connectivity index (χ0n) is 18.6. The van der Waals surface area contributed by atoms with Crippen LogP contribution in [-0.4, -0.2) is 45.7 Å². The van der Waals surface area contributed by atoms with Crippen LogP contribution in [0.25, 0.3) is 10.8 Å².